The number of fused-ring (bicyclic) bond motifs is 1. The minimum absolute atomic E-state index is 0.224. The lowest BCUT2D eigenvalue weighted by Crippen LogP contribution is -2.48. The third-order valence-corrected chi connectivity index (χ3v) is 6.41. The Morgan fingerprint density at radius 1 is 1.03 bits per heavy atom. The van der Waals surface area contributed by atoms with Crippen LogP contribution in [0.1, 0.15) is 63.5 Å². The van der Waals surface area contributed by atoms with Crippen molar-refractivity contribution >= 4 is 28.6 Å². The van der Waals surface area contributed by atoms with E-state index in [1.54, 1.807) is 0 Å². The van der Waals surface area contributed by atoms with Gasteiger partial charge in [0.25, 0.3) is 5.91 Å². The minimum Gasteiger partial charge on any atom is -0.348 e. The highest BCUT2D eigenvalue weighted by atomic mass is 16.2. The smallest absolute Gasteiger partial charge is 0.325 e. The van der Waals surface area contributed by atoms with E-state index in [-0.39, 0.29) is 24.4 Å². The predicted molar refractivity (Wildman–Crippen MR) is 116 cm³/mol. The van der Waals surface area contributed by atoms with Crippen LogP contribution in [0.5, 0.6) is 0 Å². The van der Waals surface area contributed by atoms with E-state index in [4.69, 9.17) is 0 Å². The maximum Gasteiger partial charge on any atom is 0.325 e. The number of carbonyl (C=O) groups is 3. The summed E-state index contributed by atoms with van der Waals surface area (Å²) in [5.74, 6) is -0.579. The van der Waals surface area contributed by atoms with E-state index in [2.05, 4.69) is 16.7 Å². The Hall–Kier alpha value is -2.89. The summed E-state index contributed by atoms with van der Waals surface area (Å²) in [6.07, 6.45) is 6.49. The molecule has 4 rings (SSSR count). The van der Waals surface area contributed by atoms with Crippen LogP contribution in [0, 0.1) is 0 Å². The lowest BCUT2D eigenvalue weighted by atomic mass is 9.84. The van der Waals surface area contributed by atoms with E-state index in [1.165, 1.54) is 6.42 Å². The van der Waals surface area contributed by atoms with Crippen molar-refractivity contribution in [2.75, 3.05) is 6.54 Å². The summed E-state index contributed by atoms with van der Waals surface area (Å²) in [5, 5.41) is 8.08. The molecule has 1 saturated carbocycles. The molecule has 0 aromatic heterocycles. The Bertz CT molecular complexity index is 963. The zero-order valence-electron chi connectivity index (χ0n) is 17.4. The Kier molecular flexibility index (Phi) is 5.75. The molecule has 2 aromatic carbocycles. The maximum absolute atomic E-state index is 13.1. The summed E-state index contributed by atoms with van der Waals surface area (Å²) in [6, 6.07) is 13.5. The highest BCUT2D eigenvalue weighted by molar-refractivity contribution is 6.09. The molecular weight excluding hydrogens is 378 g/mol. The maximum atomic E-state index is 13.1. The molecule has 1 atom stereocenters. The summed E-state index contributed by atoms with van der Waals surface area (Å²) < 4.78 is 0. The quantitative estimate of drug-likeness (QED) is 0.751. The summed E-state index contributed by atoms with van der Waals surface area (Å²) in [4.78, 5) is 39.3. The molecule has 6 nitrogen and oxygen atoms in total. The lowest BCUT2D eigenvalue weighted by Gasteiger charge is -2.28. The van der Waals surface area contributed by atoms with Crippen LogP contribution in [0.15, 0.2) is 42.5 Å². The van der Waals surface area contributed by atoms with E-state index in [0.717, 1.165) is 46.9 Å². The monoisotopic (exact) mass is 407 g/mol. The molecule has 4 amide bonds. The van der Waals surface area contributed by atoms with Crippen molar-refractivity contribution in [3.63, 3.8) is 0 Å². The number of amides is 4. The number of urea groups is 1. The van der Waals surface area contributed by atoms with Crippen molar-refractivity contribution in [1.82, 2.24) is 15.5 Å². The number of nitrogens with one attached hydrogen (secondary N) is 2. The predicted octanol–water partition coefficient (Wildman–Crippen LogP) is 4.05. The van der Waals surface area contributed by atoms with Gasteiger partial charge in [0.1, 0.15) is 12.1 Å². The van der Waals surface area contributed by atoms with Crippen LogP contribution in [0.3, 0.4) is 0 Å². The molecule has 30 heavy (non-hydrogen) atoms. The SMILES string of the molecule is CC(NC(=O)CN1C(=O)NC2(CCCCCCC2)C1=O)c1ccc2ccccc2c1. The van der Waals surface area contributed by atoms with Gasteiger partial charge in [0, 0.05) is 0 Å². The molecule has 2 fully saturated rings. The molecule has 0 radical (unpaired) electrons. The zero-order chi connectivity index (χ0) is 21.1. The Morgan fingerprint density at radius 3 is 2.43 bits per heavy atom. The van der Waals surface area contributed by atoms with Gasteiger partial charge in [0.15, 0.2) is 0 Å². The molecule has 0 bridgehead atoms. The third-order valence-electron chi connectivity index (χ3n) is 6.41. The van der Waals surface area contributed by atoms with Gasteiger partial charge < -0.3 is 10.6 Å². The van der Waals surface area contributed by atoms with Gasteiger partial charge >= 0.3 is 6.03 Å². The van der Waals surface area contributed by atoms with Gasteiger partial charge in [-0.05, 0) is 42.2 Å². The molecular formula is C24H29N3O3. The van der Waals surface area contributed by atoms with Crippen molar-refractivity contribution < 1.29 is 14.4 Å². The second-order valence-corrected chi connectivity index (χ2v) is 8.57. The molecule has 158 valence electrons. The van der Waals surface area contributed by atoms with Crippen LogP contribution in [-0.4, -0.2) is 34.8 Å². The Labute approximate surface area is 177 Å². The molecule has 1 unspecified atom stereocenters. The average Bonchev–Trinajstić information content (AvgIpc) is 2.95. The molecule has 6 heteroatoms. The molecule has 1 aliphatic heterocycles. The van der Waals surface area contributed by atoms with Gasteiger partial charge in [0.2, 0.25) is 5.91 Å². The summed E-state index contributed by atoms with van der Waals surface area (Å²) in [7, 11) is 0. The highest BCUT2D eigenvalue weighted by Crippen LogP contribution is 2.32. The van der Waals surface area contributed by atoms with Crippen LogP contribution >= 0.6 is 0 Å². The van der Waals surface area contributed by atoms with E-state index in [9.17, 15) is 14.4 Å². The first-order valence-electron chi connectivity index (χ1n) is 10.9. The van der Waals surface area contributed by atoms with Gasteiger partial charge in [-0.3, -0.25) is 14.5 Å². The Balaban J connectivity index is 1.41. The molecule has 1 heterocycles. The molecule has 2 aromatic rings. The number of imide groups is 1. The topological polar surface area (TPSA) is 78.5 Å². The van der Waals surface area contributed by atoms with Crippen LogP contribution in [0.25, 0.3) is 10.8 Å². The van der Waals surface area contributed by atoms with Gasteiger partial charge in [-0.25, -0.2) is 4.79 Å². The first-order valence-corrected chi connectivity index (χ1v) is 10.9. The fourth-order valence-corrected chi connectivity index (χ4v) is 4.66. The van der Waals surface area contributed by atoms with Gasteiger partial charge in [-0.15, -0.1) is 0 Å². The number of hydrogen-bond donors (Lipinski definition) is 2. The lowest BCUT2D eigenvalue weighted by molar-refractivity contribution is -0.135. The van der Waals surface area contributed by atoms with E-state index >= 15 is 0 Å². The van der Waals surface area contributed by atoms with Crippen LogP contribution in [0.4, 0.5) is 4.79 Å². The van der Waals surface area contributed by atoms with Crippen molar-refractivity contribution in [3.05, 3.63) is 48.0 Å². The van der Waals surface area contributed by atoms with Crippen LogP contribution < -0.4 is 10.6 Å². The van der Waals surface area contributed by atoms with Crippen molar-refractivity contribution in [3.8, 4) is 0 Å². The second-order valence-electron chi connectivity index (χ2n) is 8.57. The molecule has 1 saturated heterocycles. The van der Waals surface area contributed by atoms with Gasteiger partial charge in [-0.1, -0.05) is 68.5 Å². The van der Waals surface area contributed by atoms with Crippen molar-refractivity contribution in [1.29, 1.82) is 0 Å². The number of rotatable bonds is 4. The fourth-order valence-electron chi connectivity index (χ4n) is 4.66. The second kappa shape index (κ2) is 8.46. The Morgan fingerprint density at radius 2 is 1.70 bits per heavy atom. The van der Waals surface area contributed by atoms with Crippen molar-refractivity contribution in [2.45, 2.75) is 63.5 Å². The van der Waals surface area contributed by atoms with E-state index < -0.39 is 11.6 Å². The molecule has 1 spiro atoms. The van der Waals surface area contributed by atoms with Gasteiger partial charge in [0.05, 0.1) is 6.04 Å². The van der Waals surface area contributed by atoms with Crippen LogP contribution in [0.2, 0.25) is 0 Å². The van der Waals surface area contributed by atoms with E-state index in [1.807, 2.05) is 43.3 Å². The molecule has 1 aliphatic carbocycles. The summed E-state index contributed by atoms with van der Waals surface area (Å²) in [6.45, 7) is 1.66. The average molecular weight is 408 g/mol. The fraction of sp³-hybridized carbons (Fsp3) is 0.458. The first kappa shape index (κ1) is 20.4. The number of benzene rings is 2. The minimum atomic E-state index is -0.818. The van der Waals surface area contributed by atoms with Gasteiger partial charge in [-0.2, -0.15) is 0 Å². The molecule has 2 aliphatic rings. The normalized spacial score (nSPS) is 20.0. The highest BCUT2D eigenvalue weighted by Gasteiger charge is 2.50. The number of nitrogens with zero attached hydrogens (tertiary/aromatic N) is 1. The molecule has 2 N–H and O–H groups in total. The number of hydrogen-bond acceptors (Lipinski definition) is 3. The van der Waals surface area contributed by atoms with Crippen molar-refractivity contribution in [2.24, 2.45) is 0 Å². The standard InChI is InChI=1S/C24H29N3O3/c1-17(19-12-11-18-9-5-6-10-20(18)15-19)25-21(28)16-27-22(29)24(26-23(27)30)13-7-3-2-4-8-14-24/h5-6,9-12,15,17H,2-4,7-8,13-14,16H2,1H3,(H,25,28)(H,26,30). The zero-order valence-corrected chi connectivity index (χ0v) is 17.4. The first-order chi connectivity index (χ1) is 14.5. The summed E-state index contributed by atoms with van der Waals surface area (Å²) >= 11 is 0. The largest absolute Gasteiger partial charge is 0.348 e. The summed E-state index contributed by atoms with van der Waals surface area (Å²) in [5.41, 5.74) is 0.164. The van der Waals surface area contributed by atoms with Crippen LogP contribution in [-0.2, 0) is 9.59 Å². The van der Waals surface area contributed by atoms with E-state index in [0.29, 0.717) is 12.8 Å². The number of carbonyl (C=O) groups excluding carboxylic acids is 3. The third kappa shape index (κ3) is 4.04.